The van der Waals surface area contributed by atoms with E-state index in [9.17, 15) is 0 Å². The van der Waals surface area contributed by atoms with Crippen molar-refractivity contribution >= 4 is 30.3 Å². The summed E-state index contributed by atoms with van der Waals surface area (Å²) in [6.07, 6.45) is 0. The Bertz CT molecular complexity index is 1120. The van der Waals surface area contributed by atoms with Crippen molar-refractivity contribution in [3.63, 3.8) is 0 Å². The van der Waals surface area contributed by atoms with Crippen LogP contribution in [0.5, 0.6) is 0 Å². The third-order valence-electron chi connectivity index (χ3n) is 5.96. The van der Waals surface area contributed by atoms with Gasteiger partial charge in [0.2, 0.25) is 0 Å². The van der Waals surface area contributed by atoms with Crippen LogP contribution in [0.4, 0.5) is 0 Å². The van der Waals surface area contributed by atoms with Gasteiger partial charge < -0.3 is 0 Å². The van der Waals surface area contributed by atoms with Crippen LogP contribution in [0, 0.1) is 0 Å². The standard InChI is InChI=1S/C30H25Si/c1-2-31-29(25-19-11-5-12-20-25)27(23-15-7-3-8-16-23)28(24-17-9-4-10-18-24)30(31)26-21-13-6-14-22-26/h3-22H,2H2,1H3. The van der Waals surface area contributed by atoms with Gasteiger partial charge in [0.05, 0.1) is 0 Å². The highest BCUT2D eigenvalue weighted by Gasteiger charge is 2.36. The fourth-order valence-corrected chi connectivity index (χ4v) is 7.79. The number of benzene rings is 4. The maximum absolute atomic E-state index is 2.36. The molecule has 0 aliphatic carbocycles. The molecule has 31 heavy (non-hydrogen) atoms. The monoisotopic (exact) mass is 413 g/mol. The van der Waals surface area contributed by atoms with Crippen molar-refractivity contribution in [3.8, 4) is 0 Å². The fraction of sp³-hybridized carbons (Fsp3) is 0.0667. The van der Waals surface area contributed by atoms with Gasteiger partial charge in [-0.25, -0.2) is 0 Å². The van der Waals surface area contributed by atoms with E-state index in [1.54, 1.807) is 0 Å². The lowest BCUT2D eigenvalue weighted by Gasteiger charge is -2.17. The van der Waals surface area contributed by atoms with Crippen LogP contribution in [-0.2, 0) is 0 Å². The first kappa shape index (κ1) is 19.5. The molecule has 0 bridgehead atoms. The average molecular weight is 414 g/mol. The molecule has 1 heteroatoms. The quantitative estimate of drug-likeness (QED) is 0.293. The third-order valence-corrected chi connectivity index (χ3v) is 8.95. The van der Waals surface area contributed by atoms with Crippen molar-refractivity contribution in [2.45, 2.75) is 13.0 Å². The van der Waals surface area contributed by atoms with Crippen molar-refractivity contribution in [1.82, 2.24) is 0 Å². The second-order valence-electron chi connectivity index (χ2n) is 7.80. The summed E-state index contributed by atoms with van der Waals surface area (Å²) in [5.41, 5.74) is 8.15. The highest BCUT2D eigenvalue weighted by Crippen LogP contribution is 2.51. The summed E-state index contributed by atoms with van der Waals surface area (Å²) in [7, 11) is -0.964. The minimum absolute atomic E-state index is 0.964. The largest absolute Gasteiger partial charge is 0.124 e. The molecule has 0 spiro atoms. The molecular formula is C30H25Si. The van der Waals surface area contributed by atoms with Crippen molar-refractivity contribution in [3.05, 3.63) is 144 Å². The van der Waals surface area contributed by atoms with Gasteiger partial charge in [-0.3, -0.25) is 0 Å². The van der Waals surface area contributed by atoms with E-state index in [4.69, 9.17) is 0 Å². The van der Waals surface area contributed by atoms with Crippen molar-refractivity contribution in [2.75, 3.05) is 0 Å². The second kappa shape index (κ2) is 8.75. The van der Waals surface area contributed by atoms with E-state index in [0.717, 1.165) is 6.04 Å². The van der Waals surface area contributed by atoms with Crippen LogP contribution < -0.4 is 0 Å². The van der Waals surface area contributed by atoms with Gasteiger partial charge in [0, 0.05) is 0 Å². The molecule has 0 unspecified atom stereocenters. The molecule has 0 saturated carbocycles. The zero-order chi connectivity index (χ0) is 21.0. The first-order valence-corrected chi connectivity index (χ1v) is 12.7. The minimum atomic E-state index is -0.964. The molecule has 0 saturated heterocycles. The molecule has 0 atom stereocenters. The Kier molecular flexibility index (Phi) is 5.51. The molecule has 1 aliphatic heterocycles. The Labute approximate surface area is 186 Å². The summed E-state index contributed by atoms with van der Waals surface area (Å²) in [6, 6.07) is 45.1. The molecule has 0 N–H and O–H groups in total. The van der Waals surface area contributed by atoms with Gasteiger partial charge in [-0.1, -0.05) is 134 Å². The predicted molar refractivity (Wildman–Crippen MR) is 136 cm³/mol. The van der Waals surface area contributed by atoms with Gasteiger partial charge in [-0.05, 0) is 43.8 Å². The summed E-state index contributed by atoms with van der Waals surface area (Å²) >= 11 is 0. The van der Waals surface area contributed by atoms with E-state index < -0.39 is 8.80 Å². The van der Waals surface area contributed by atoms with Crippen molar-refractivity contribution in [1.29, 1.82) is 0 Å². The van der Waals surface area contributed by atoms with E-state index in [2.05, 4.69) is 128 Å². The SMILES string of the molecule is CC[Si]1C(c2ccccc2)=C(c2ccccc2)C(c2ccccc2)=C1c1ccccc1. The highest BCUT2D eigenvalue weighted by molar-refractivity contribution is 7.00. The van der Waals surface area contributed by atoms with Gasteiger partial charge in [0.25, 0.3) is 0 Å². The van der Waals surface area contributed by atoms with Crippen LogP contribution in [0.3, 0.4) is 0 Å². The summed E-state index contributed by atoms with van der Waals surface area (Å²) in [6.45, 7) is 2.36. The average Bonchev–Trinajstić information content (AvgIpc) is 3.21. The molecule has 0 amide bonds. The van der Waals surface area contributed by atoms with Gasteiger partial charge in [0.15, 0.2) is 0 Å². The minimum Gasteiger partial charge on any atom is -0.0673 e. The summed E-state index contributed by atoms with van der Waals surface area (Å²) in [4.78, 5) is 0. The molecule has 4 aromatic carbocycles. The van der Waals surface area contributed by atoms with E-state index >= 15 is 0 Å². The normalized spacial score (nSPS) is 14.4. The molecule has 4 aromatic rings. The Hall–Kier alpha value is -3.42. The van der Waals surface area contributed by atoms with Crippen molar-refractivity contribution in [2.24, 2.45) is 0 Å². The molecular weight excluding hydrogens is 388 g/mol. The zero-order valence-electron chi connectivity index (χ0n) is 17.8. The number of hydrogen-bond donors (Lipinski definition) is 0. The topological polar surface area (TPSA) is 0 Å². The summed E-state index contributed by atoms with van der Waals surface area (Å²) in [5.74, 6) is 0. The van der Waals surface area contributed by atoms with Crippen LogP contribution in [0.2, 0.25) is 6.04 Å². The molecule has 1 heterocycles. The van der Waals surface area contributed by atoms with Gasteiger partial charge in [-0.2, -0.15) is 0 Å². The van der Waals surface area contributed by atoms with Crippen LogP contribution in [-0.4, -0.2) is 8.80 Å². The Morgan fingerprint density at radius 3 is 1.00 bits per heavy atom. The lowest BCUT2D eigenvalue weighted by molar-refractivity contribution is 1.44. The smallest absolute Gasteiger partial charge is 0.0673 e. The molecule has 1 aliphatic rings. The molecule has 0 aromatic heterocycles. The van der Waals surface area contributed by atoms with Gasteiger partial charge in [0.1, 0.15) is 8.80 Å². The Morgan fingerprint density at radius 2 is 0.710 bits per heavy atom. The second-order valence-corrected chi connectivity index (χ2v) is 10.5. The maximum atomic E-state index is 2.36. The predicted octanol–water partition coefficient (Wildman–Crippen LogP) is 7.82. The van der Waals surface area contributed by atoms with Crippen LogP contribution in [0.25, 0.3) is 21.5 Å². The Balaban J connectivity index is 1.89. The summed E-state index contributed by atoms with van der Waals surface area (Å²) in [5, 5.41) is 3.08. The van der Waals surface area contributed by atoms with Crippen LogP contribution in [0.15, 0.2) is 121 Å². The van der Waals surface area contributed by atoms with Crippen LogP contribution in [0.1, 0.15) is 29.2 Å². The molecule has 149 valence electrons. The summed E-state index contributed by atoms with van der Waals surface area (Å²) < 4.78 is 0. The van der Waals surface area contributed by atoms with E-state index in [1.165, 1.54) is 43.8 Å². The molecule has 0 fully saturated rings. The highest BCUT2D eigenvalue weighted by atomic mass is 28.3. The van der Waals surface area contributed by atoms with E-state index in [1.807, 2.05) is 0 Å². The molecule has 0 nitrogen and oxygen atoms in total. The number of allylic oxidation sites excluding steroid dienone is 2. The number of hydrogen-bond acceptors (Lipinski definition) is 0. The molecule has 1 radical (unpaired) electrons. The molecule has 5 rings (SSSR count). The van der Waals surface area contributed by atoms with Crippen molar-refractivity contribution < 1.29 is 0 Å². The maximum Gasteiger partial charge on any atom is 0.124 e. The van der Waals surface area contributed by atoms with E-state index in [-0.39, 0.29) is 0 Å². The van der Waals surface area contributed by atoms with E-state index in [0.29, 0.717) is 0 Å². The van der Waals surface area contributed by atoms with Gasteiger partial charge in [-0.15, -0.1) is 0 Å². The fourth-order valence-electron chi connectivity index (χ4n) is 4.66. The first-order chi connectivity index (χ1) is 15.4. The Morgan fingerprint density at radius 1 is 0.419 bits per heavy atom. The van der Waals surface area contributed by atoms with Gasteiger partial charge >= 0.3 is 0 Å². The third kappa shape index (κ3) is 3.62. The lowest BCUT2D eigenvalue weighted by atomic mass is 9.89. The number of rotatable bonds is 5. The van der Waals surface area contributed by atoms with Crippen LogP contribution >= 0.6 is 0 Å². The lowest BCUT2D eigenvalue weighted by Crippen LogP contribution is -2.15. The first-order valence-electron chi connectivity index (χ1n) is 11.0. The zero-order valence-corrected chi connectivity index (χ0v) is 18.8.